The van der Waals surface area contributed by atoms with Gasteiger partial charge in [-0.15, -0.1) is 0 Å². The van der Waals surface area contributed by atoms with Crippen molar-refractivity contribution in [2.24, 2.45) is 0 Å². The third-order valence-electron chi connectivity index (χ3n) is 3.14. The summed E-state index contributed by atoms with van der Waals surface area (Å²) in [6, 6.07) is 12.9. The van der Waals surface area contributed by atoms with E-state index in [2.05, 4.69) is 20.3 Å². The molecule has 0 radical (unpaired) electrons. The highest BCUT2D eigenvalue weighted by atomic mass is 35.5. The summed E-state index contributed by atoms with van der Waals surface area (Å²) in [6.07, 6.45) is 2.68. The lowest BCUT2D eigenvalue weighted by Crippen LogP contribution is -2.15. The molecule has 6 heteroatoms. The summed E-state index contributed by atoms with van der Waals surface area (Å²) in [5, 5.41) is 13.1. The molecule has 2 aromatic heterocycles. The van der Waals surface area contributed by atoms with Crippen molar-refractivity contribution in [3.63, 3.8) is 0 Å². The van der Waals surface area contributed by atoms with Gasteiger partial charge in [-0.2, -0.15) is 0 Å². The molecule has 0 aliphatic heterocycles. The first-order chi connectivity index (χ1) is 11.1. The zero-order valence-electron chi connectivity index (χ0n) is 12.4. The summed E-state index contributed by atoms with van der Waals surface area (Å²) in [7, 11) is 0. The Hall–Kier alpha value is -2.50. The van der Waals surface area contributed by atoms with E-state index in [1.165, 1.54) is 0 Å². The van der Waals surface area contributed by atoms with E-state index in [1.54, 1.807) is 25.4 Å². The second-order valence-corrected chi connectivity index (χ2v) is 5.47. The zero-order chi connectivity index (χ0) is 16.2. The number of aliphatic hydroxyl groups is 1. The molecule has 0 saturated carbocycles. The molecule has 0 aliphatic carbocycles. The Labute approximate surface area is 139 Å². The molecule has 1 atom stereocenters. The van der Waals surface area contributed by atoms with Crippen LogP contribution in [-0.4, -0.2) is 26.3 Å². The molecule has 116 valence electrons. The quantitative estimate of drug-likeness (QED) is 0.717. The highest BCUT2D eigenvalue weighted by molar-refractivity contribution is 6.30. The summed E-state index contributed by atoms with van der Waals surface area (Å²) in [6.45, 7) is 1.63. The predicted octanol–water partition coefficient (Wildman–Crippen LogP) is 3.61. The SMILES string of the molecule is CC(O)Nc1cc(-c2ccc(Cl)cc2)nc(-c2cccnc2)n1. The largest absolute Gasteiger partial charge is 0.374 e. The van der Waals surface area contributed by atoms with Crippen LogP contribution in [0.2, 0.25) is 5.02 Å². The van der Waals surface area contributed by atoms with E-state index >= 15 is 0 Å². The molecule has 23 heavy (non-hydrogen) atoms. The second-order valence-electron chi connectivity index (χ2n) is 5.03. The average Bonchev–Trinajstić information content (AvgIpc) is 2.55. The molecule has 0 saturated heterocycles. The first-order valence-electron chi connectivity index (χ1n) is 7.12. The minimum Gasteiger partial charge on any atom is -0.374 e. The van der Waals surface area contributed by atoms with Crippen molar-refractivity contribution in [2.45, 2.75) is 13.2 Å². The molecule has 2 N–H and O–H groups in total. The van der Waals surface area contributed by atoms with Crippen LogP contribution in [0.4, 0.5) is 5.82 Å². The number of halogens is 1. The topological polar surface area (TPSA) is 70.9 Å². The maximum atomic E-state index is 9.56. The lowest BCUT2D eigenvalue weighted by molar-refractivity contribution is 0.224. The van der Waals surface area contributed by atoms with Crippen molar-refractivity contribution >= 4 is 17.4 Å². The van der Waals surface area contributed by atoms with E-state index < -0.39 is 6.23 Å². The minimum absolute atomic E-state index is 0.536. The summed E-state index contributed by atoms with van der Waals surface area (Å²) in [5.41, 5.74) is 2.45. The van der Waals surface area contributed by atoms with Gasteiger partial charge in [-0.3, -0.25) is 4.98 Å². The van der Waals surface area contributed by atoms with E-state index in [0.29, 0.717) is 16.7 Å². The van der Waals surface area contributed by atoms with Gasteiger partial charge in [0.1, 0.15) is 12.0 Å². The third-order valence-corrected chi connectivity index (χ3v) is 3.39. The fourth-order valence-corrected chi connectivity index (χ4v) is 2.25. The summed E-state index contributed by atoms with van der Waals surface area (Å²) in [4.78, 5) is 13.1. The van der Waals surface area contributed by atoms with Crippen molar-refractivity contribution in [3.05, 3.63) is 59.9 Å². The van der Waals surface area contributed by atoms with Gasteiger partial charge in [-0.05, 0) is 31.2 Å². The van der Waals surface area contributed by atoms with E-state index in [4.69, 9.17) is 11.6 Å². The Bertz CT molecular complexity index is 791. The van der Waals surface area contributed by atoms with Crippen LogP contribution in [0.1, 0.15) is 6.92 Å². The Morgan fingerprint density at radius 2 is 1.87 bits per heavy atom. The predicted molar refractivity (Wildman–Crippen MR) is 91.0 cm³/mol. The fourth-order valence-electron chi connectivity index (χ4n) is 2.13. The molecule has 0 spiro atoms. The first kappa shape index (κ1) is 15.4. The van der Waals surface area contributed by atoms with Crippen molar-refractivity contribution in [1.29, 1.82) is 0 Å². The van der Waals surface area contributed by atoms with Gasteiger partial charge < -0.3 is 10.4 Å². The molecule has 5 nitrogen and oxygen atoms in total. The van der Waals surface area contributed by atoms with Crippen LogP contribution in [0, 0.1) is 0 Å². The van der Waals surface area contributed by atoms with Crippen LogP contribution in [-0.2, 0) is 0 Å². The van der Waals surface area contributed by atoms with Gasteiger partial charge in [0.15, 0.2) is 5.82 Å². The highest BCUT2D eigenvalue weighted by Gasteiger charge is 2.10. The van der Waals surface area contributed by atoms with Crippen LogP contribution < -0.4 is 5.32 Å². The summed E-state index contributed by atoms with van der Waals surface area (Å²) >= 11 is 5.94. The van der Waals surface area contributed by atoms with Gasteiger partial charge in [0.2, 0.25) is 0 Å². The molecular weight excluding hydrogens is 312 g/mol. The number of anilines is 1. The molecular formula is C17H15ClN4O. The Morgan fingerprint density at radius 1 is 1.09 bits per heavy atom. The van der Waals surface area contributed by atoms with Gasteiger partial charge >= 0.3 is 0 Å². The van der Waals surface area contributed by atoms with Crippen LogP contribution in [0.5, 0.6) is 0 Å². The smallest absolute Gasteiger partial charge is 0.163 e. The number of hydrogen-bond donors (Lipinski definition) is 2. The van der Waals surface area contributed by atoms with E-state index in [0.717, 1.165) is 16.8 Å². The lowest BCUT2D eigenvalue weighted by Gasteiger charge is -2.12. The van der Waals surface area contributed by atoms with Crippen LogP contribution >= 0.6 is 11.6 Å². The first-order valence-corrected chi connectivity index (χ1v) is 7.49. The van der Waals surface area contributed by atoms with Gasteiger partial charge in [0.25, 0.3) is 0 Å². The number of benzene rings is 1. The maximum absolute atomic E-state index is 9.56. The van der Waals surface area contributed by atoms with Gasteiger partial charge in [0.05, 0.1) is 5.69 Å². The fraction of sp³-hybridized carbons (Fsp3) is 0.118. The number of nitrogens with zero attached hydrogens (tertiary/aromatic N) is 3. The third kappa shape index (κ3) is 3.83. The van der Waals surface area contributed by atoms with Crippen molar-refractivity contribution < 1.29 is 5.11 Å². The van der Waals surface area contributed by atoms with Gasteiger partial charge in [-0.1, -0.05) is 23.7 Å². The number of rotatable bonds is 4. The number of aromatic nitrogens is 3. The molecule has 0 bridgehead atoms. The zero-order valence-corrected chi connectivity index (χ0v) is 13.2. The van der Waals surface area contributed by atoms with Crippen LogP contribution in [0.25, 0.3) is 22.6 Å². The van der Waals surface area contributed by atoms with E-state index in [-0.39, 0.29) is 0 Å². The number of pyridine rings is 1. The number of hydrogen-bond acceptors (Lipinski definition) is 5. The molecule has 1 unspecified atom stereocenters. The van der Waals surface area contributed by atoms with Crippen molar-refractivity contribution in [3.8, 4) is 22.6 Å². The normalized spacial score (nSPS) is 12.0. The number of aliphatic hydroxyl groups excluding tert-OH is 1. The second kappa shape index (κ2) is 6.73. The number of nitrogens with one attached hydrogen (secondary N) is 1. The maximum Gasteiger partial charge on any atom is 0.163 e. The van der Waals surface area contributed by atoms with Gasteiger partial charge in [0, 0.05) is 34.6 Å². The minimum atomic E-state index is -0.718. The highest BCUT2D eigenvalue weighted by Crippen LogP contribution is 2.25. The standard InChI is InChI=1S/C17H15ClN4O/c1-11(23)20-16-9-15(12-4-6-14(18)7-5-12)21-17(22-16)13-3-2-8-19-10-13/h2-11,23H,1H3,(H,20,21,22). The van der Waals surface area contributed by atoms with Crippen molar-refractivity contribution in [2.75, 3.05) is 5.32 Å². The molecule has 3 rings (SSSR count). The Morgan fingerprint density at radius 3 is 2.52 bits per heavy atom. The monoisotopic (exact) mass is 326 g/mol. The summed E-state index contributed by atoms with van der Waals surface area (Å²) in [5.74, 6) is 1.08. The summed E-state index contributed by atoms with van der Waals surface area (Å²) < 4.78 is 0. The van der Waals surface area contributed by atoms with Gasteiger partial charge in [-0.25, -0.2) is 9.97 Å². The molecule has 3 aromatic rings. The van der Waals surface area contributed by atoms with Crippen molar-refractivity contribution in [1.82, 2.24) is 15.0 Å². The van der Waals surface area contributed by atoms with Crippen LogP contribution in [0.15, 0.2) is 54.9 Å². The average molecular weight is 327 g/mol. The van der Waals surface area contributed by atoms with E-state index in [9.17, 15) is 5.11 Å². The molecule has 0 amide bonds. The molecule has 0 fully saturated rings. The van der Waals surface area contributed by atoms with Crippen LogP contribution in [0.3, 0.4) is 0 Å². The Kier molecular flexibility index (Phi) is 4.50. The lowest BCUT2D eigenvalue weighted by atomic mass is 10.1. The van der Waals surface area contributed by atoms with E-state index in [1.807, 2.05) is 36.4 Å². The molecule has 1 aromatic carbocycles. The molecule has 2 heterocycles. The molecule has 0 aliphatic rings. The Balaban J connectivity index is 2.09.